The number of hydrogen-bond acceptors (Lipinski definition) is 4. The van der Waals surface area contributed by atoms with Gasteiger partial charge < -0.3 is 10.5 Å². The lowest BCUT2D eigenvalue weighted by Crippen LogP contribution is -2.11. The highest BCUT2D eigenvalue weighted by Gasteiger charge is 2.13. The molecule has 0 saturated carbocycles. The number of hydrogen-bond donors (Lipinski definition) is 1. The Kier molecular flexibility index (Phi) is 5.95. The van der Waals surface area contributed by atoms with Gasteiger partial charge in [0.2, 0.25) is 0 Å². The average molecular weight is 302 g/mol. The smallest absolute Gasteiger partial charge is 0.132 e. The van der Waals surface area contributed by atoms with E-state index in [0.717, 1.165) is 30.1 Å². The van der Waals surface area contributed by atoms with Crippen LogP contribution in [0.5, 0.6) is 5.75 Å². The van der Waals surface area contributed by atoms with Crippen LogP contribution >= 0.6 is 0 Å². The lowest BCUT2D eigenvalue weighted by Gasteiger charge is -2.12. The molecule has 0 saturated heterocycles. The summed E-state index contributed by atoms with van der Waals surface area (Å²) in [5.74, 6) is 0.907. The van der Waals surface area contributed by atoms with Crippen LogP contribution < -0.4 is 10.5 Å². The van der Waals surface area contributed by atoms with E-state index in [1.54, 1.807) is 0 Å². The first-order chi connectivity index (χ1) is 10.7. The molecule has 2 aromatic rings. The van der Waals surface area contributed by atoms with E-state index in [1.165, 1.54) is 24.0 Å². The number of ether oxygens (including phenoxy) is 1. The van der Waals surface area contributed by atoms with Gasteiger partial charge in [0.1, 0.15) is 23.7 Å². The maximum Gasteiger partial charge on any atom is 0.132 e. The number of nitrogens with zero attached hydrogens (tertiary/aromatic N) is 3. The summed E-state index contributed by atoms with van der Waals surface area (Å²) in [5, 5.41) is 8.39. The van der Waals surface area contributed by atoms with E-state index in [0.29, 0.717) is 13.2 Å². The first-order valence-electron chi connectivity index (χ1n) is 7.97. The Morgan fingerprint density at radius 3 is 2.77 bits per heavy atom. The molecular weight excluding hydrogens is 276 g/mol. The van der Waals surface area contributed by atoms with Crippen LogP contribution in [0, 0.1) is 13.8 Å². The second-order valence-electron chi connectivity index (χ2n) is 5.60. The molecule has 0 fully saturated rings. The zero-order valence-electron chi connectivity index (χ0n) is 13.8. The van der Waals surface area contributed by atoms with Crippen molar-refractivity contribution in [2.75, 3.05) is 0 Å². The van der Waals surface area contributed by atoms with E-state index in [4.69, 9.17) is 10.5 Å². The summed E-state index contributed by atoms with van der Waals surface area (Å²) in [5.41, 5.74) is 9.97. The summed E-state index contributed by atoms with van der Waals surface area (Å²) < 4.78 is 7.93. The van der Waals surface area contributed by atoms with Crippen LogP contribution in [0.3, 0.4) is 0 Å². The van der Waals surface area contributed by atoms with Crippen molar-refractivity contribution in [3.05, 3.63) is 40.7 Å². The number of unbranched alkanes of at least 4 members (excludes halogenated alkanes) is 2. The van der Waals surface area contributed by atoms with Gasteiger partial charge in [-0.2, -0.15) is 0 Å². The fourth-order valence-corrected chi connectivity index (χ4v) is 2.40. The van der Waals surface area contributed by atoms with Gasteiger partial charge >= 0.3 is 0 Å². The van der Waals surface area contributed by atoms with E-state index >= 15 is 0 Å². The summed E-state index contributed by atoms with van der Waals surface area (Å²) in [4.78, 5) is 0. The van der Waals surface area contributed by atoms with Crippen molar-refractivity contribution < 1.29 is 4.74 Å². The number of aromatic nitrogens is 3. The van der Waals surface area contributed by atoms with Crippen molar-refractivity contribution in [1.82, 2.24) is 15.0 Å². The van der Waals surface area contributed by atoms with Crippen LogP contribution in [-0.4, -0.2) is 15.0 Å². The van der Waals surface area contributed by atoms with Gasteiger partial charge in [-0.25, -0.2) is 4.68 Å². The predicted octanol–water partition coefficient (Wildman–Crippen LogP) is 3.12. The molecule has 5 heteroatoms. The van der Waals surface area contributed by atoms with Crippen LogP contribution in [0.15, 0.2) is 18.2 Å². The molecule has 0 atom stereocenters. The van der Waals surface area contributed by atoms with Crippen molar-refractivity contribution in [3.63, 3.8) is 0 Å². The molecule has 2 N–H and O–H groups in total. The zero-order valence-corrected chi connectivity index (χ0v) is 13.8. The third-order valence-corrected chi connectivity index (χ3v) is 4.00. The number of nitrogens with two attached hydrogens (primary N) is 1. The molecule has 0 spiro atoms. The molecular formula is C17H26N4O. The molecule has 0 aliphatic heterocycles. The fourth-order valence-electron chi connectivity index (χ4n) is 2.40. The molecule has 5 nitrogen and oxygen atoms in total. The van der Waals surface area contributed by atoms with Gasteiger partial charge in [-0.05, 0) is 37.5 Å². The third kappa shape index (κ3) is 3.85. The highest BCUT2D eigenvalue weighted by Crippen LogP contribution is 2.22. The Morgan fingerprint density at radius 2 is 2.05 bits per heavy atom. The largest absolute Gasteiger partial charge is 0.487 e. The van der Waals surface area contributed by atoms with Gasteiger partial charge in [0.05, 0.1) is 0 Å². The highest BCUT2D eigenvalue weighted by atomic mass is 16.5. The molecule has 22 heavy (non-hydrogen) atoms. The van der Waals surface area contributed by atoms with Crippen LogP contribution in [0.1, 0.15) is 48.7 Å². The van der Waals surface area contributed by atoms with E-state index in [1.807, 2.05) is 16.8 Å². The Bertz CT molecular complexity index is 607. The first kappa shape index (κ1) is 16.5. The second-order valence-corrected chi connectivity index (χ2v) is 5.60. The lowest BCUT2D eigenvalue weighted by molar-refractivity contribution is 0.287. The normalized spacial score (nSPS) is 10.9. The molecule has 0 aliphatic carbocycles. The summed E-state index contributed by atoms with van der Waals surface area (Å²) in [7, 11) is 0. The Hall–Kier alpha value is -1.88. The Labute approximate surface area is 132 Å². The molecule has 0 radical (unpaired) electrons. The van der Waals surface area contributed by atoms with Crippen molar-refractivity contribution in [2.45, 2.75) is 59.7 Å². The Balaban J connectivity index is 2.10. The fraction of sp³-hybridized carbons (Fsp3) is 0.529. The van der Waals surface area contributed by atoms with Crippen molar-refractivity contribution in [1.29, 1.82) is 0 Å². The zero-order chi connectivity index (χ0) is 15.9. The van der Waals surface area contributed by atoms with Gasteiger partial charge in [-0.1, -0.05) is 37.1 Å². The second kappa shape index (κ2) is 7.94. The van der Waals surface area contributed by atoms with Crippen molar-refractivity contribution in [2.24, 2.45) is 5.73 Å². The maximum atomic E-state index is 6.00. The van der Waals surface area contributed by atoms with Crippen LogP contribution in [0.4, 0.5) is 0 Å². The number of benzene rings is 1. The van der Waals surface area contributed by atoms with Crippen LogP contribution in [0.25, 0.3) is 0 Å². The van der Waals surface area contributed by atoms with Gasteiger partial charge in [0.25, 0.3) is 0 Å². The summed E-state index contributed by atoms with van der Waals surface area (Å²) >= 11 is 0. The molecule has 1 aromatic carbocycles. The quantitative estimate of drug-likeness (QED) is 0.761. The molecule has 0 amide bonds. The minimum Gasteiger partial charge on any atom is -0.487 e. The van der Waals surface area contributed by atoms with Crippen LogP contribution in [-0.2, 0) is 19.7 Å². The number of rotatable bonds is 8. The summed E-state index contributed by atoms with van der Waals surface area (Å²) in [6.07, 6.45) is 3.47. The average Bonchev–Trinajstić information content (AvgIpc) is 2.91. The van der Waals surface area contributed by atoms with Gasteiger partial charge in [0, 0.05) is 13.1 Å². The SMILES string of the molecule is CCCCCn1nnc(CN)c1COc1cccc(C)c1C. The first-order valence-corrected chi connectivity index (χ1v) is 7.97. The van der Waals surface area contributed by atoms with E-state index < -0.39 is 0 Å². The standard InChI is InChI=1S/C17H26N4O/c1-4-5-6-10-21-16(15(11-18)19-20-21)12-22-17-9-7-8-13(2)14(17)3/h7-9H,4-6,10-12,18H2,1-3H3. The molecule has 0 bridgehead atoms. The molecule has 1 aromatic heterocycles. The van der Waals surface area contributed by atoms with Gasteiger partial charge in [-0.3, -0.25) is 0 Å². The van der Waals surface area contributed by atoms with E-state index in [-0.39, 0.29) is 0 Å². The molecule has 2 rings (SSSR count). The lowest BCUT2D eigenvalue weighted by atomic mass is 10.1. The third-order valence-electron chi connectivity index (χ3n) is 4.00. The summed E-state index contributed by atoms with van der Waals surface area (Å²) in [6, 6.07) is 6.10. The maximum absolute atomic E-state index is 6.00. The molecule has 0 unspecified atom stereocenters. The molecule has 0 aliphatic rings. The van der Waals surface area contributed by atoms with Crippen molar-refractivity contribution in [3.8, 4) is 5.75 Å². The topological polar surface area (TPSA) is 66.0 Å². The minimum atomic E-state index is 0.388. The van der Waals surface area contributed by atoms with Crippen molar-refractivity contribution >= 4 is 0 Å². The predicted molar refractivity (Wildman–Crippen MR) is 87.7 cm³/mol. The Morgan fingerprint density at radius 1 is 1.23 bits per heavy atom. The van der Waals surface area contributed by atoms with E-state index in [9.17, 15) is 0 Å². The van der Waals surface area contributed by atoms with Crippen LogP contribution in [0.2, 0.25) is 0 Å². The minimum absolute atomic E-state index is 0.388. The molecule has 120 valence electrons. The monoisotopic (exact) mass is 302 g/mol. The highest BCUT2D eigenvalue weighted by molar-refractivity contribution is 5.38. The van der Waals surface area contributed by atoms with E-state index in [2.05, 4.69) is 37.1 Å². The molecule has 1 heterocycles. The summed E-state index contributed by atoms with van der Waals surface area (Å²) in [6.45, 7) is 8.06. The number of aryl methyl sites for hydroxylation is 2. The van der Waals surface area contributed by atoms with Gasteiger partial charge in [0.15, 0.2) is 0 Å². The van der Waals surface area contributed by atoms with Gasteiger partial charge in [-0.15, -0.1) is 5.10 Å².